The standard InChI is InChI=1S/C21H23NOS/c1-14-4-3-5-17(12-14)22(2)21(24)23-18-10-11-19-15-6-8-16(9-7-15)20(19)13-18/h3-5,10-13,15-16H,6-9H2,1-2H3. The summed E-state index contributed by atoms with van der Waals surface area (Å²) in [6.07, 6.45) is 5.36. The zero-order valence-corrected chi connectivity index (χ0v) is 15.1. The summed E-state index contributed by atoms with van der Waals surface area (Å²) in [5.41, 5.74) is 5.31. The molecule has 0 saturated heterocycles. The number of hydrogen-bond donors (Lipinski definition) is 0. The van der Waals surface area contributed by atoms with Gasteiger partial charge in [-0.3, -0.25) is 0 Å². The van der Waals surface area contributed by atoms with E-state index in [1.807, 2.05) is 18.0 Å². The zero-order valence-electron chi connectivity index (χ0n) is 14.3. The van der Waals surface area contributed by atoms with Crippen LogP contribution in [0.5, 0.6) is 5.75 Å². The fourth-order valence-electron chi connectivity index (χ4n) is 4.17. The van der Waals surface area contributed by atoms with E-state index in [0.717, 1.165) is 23.3 Å². The first-order chi connectivity index (χ1) is 11.6. The monoisotopic (exact) mass is 337 g/mol. The zero-order chi connectivity index (χ0) is 16.7. The summed E-state index contributed by atoms with van der Waals surface area (Å²) in [4.78, 5) is 1.92. The molecule has 0 radical (unpaired) electrons. The van der Waals surface area contributed by atoms with Crippen molar-refractivity contribution in [1.29, 1.82) is 0 Å². The molecule has 2 aromatic rings. The predicted molar refractivity (Wildman–Crippen MR) is 103 cm³/mol. The highest BCUT2D eigenvalue weighted by atomic mass is 32.1. The van der Waals surface area contributed by atoms with Crippen molar-refractivity contribution >= 4 is 23.1 Å². The van der Waals surface area contributed by atoms with Crippen LogP contribution in [-0.4, -0.2) is 12.2 Å². The van der Waals surface area contributed by atoms with Crippen LogP contribution in [0, 0.1) is 6.92 Å². The van der Waals surface area contributed by atoms with Crippen molar-refractivity contribution in [2.75, 3.05) is 11.9 Å². The van der Waals surface area contributed by atoms with Crippen LogP contribution >= 0.6 is 12.2 Å². The van der Waals surface area contributed by atoms with E-state index in [1.165, 1.54) is 36.8 Å². The lowest BCUT2D eigenvalue weighted by Gasteiger charge is -2.38. The molecule has 2 bridgehead atoms. The number of anilines is 1. The van der Waals surface area contributed by atoms with Gasteiger partial charge in [0.1, 0.15) is 5.75 Å². The van der Waals surface area contributed by atoms with Crippen LogP contribution in [0.3, 0.4) is 0 Å². The van der Waals surface area contributed by atoms with Crippen molar-refractivity contribution < 1.29 is 4.74 Å². The molecule has 1 fully saturated rings. The van der Waals surface area contributed by atoms with E-state index >= 15 is 0 Å². The van der Waals surface area contributed by atoms with Gasteiger partial charge in [0.2, 0.25) is 0 Å². The summed E-state index contributed by atoms with van der Waals surface area (Å²) in [5.74, 6) is 2.35. The second kappa shape index (κ2) is 6.21. The molecule has 1 saturated carbocycles. The average Bonchev–Trinajstić information content (AvgIpc) is 2.62. The Kier molecular flexibility index (Phi) is 4.05. The highest BCUT2D eigenvalue weighted by Gasteiger charge is 2.32. The van der Waals surface area contributed by atoms with Crippen LogP contribution in [0.2, 0.25) is 0 Å². The largest absolute Gasteiger partial charge is 0.432 e. The normalized spacial score (nSPS) is 21.2. The van der Waals surface area contributed by atoms with Crippen LogP contribution in [0.25, 0.3) is 0 Å². The van der Waals surface area contributed by atoms with Gasteiger partial charge in [-0.2, -0.15) is 0 Å². The molecule has 0 heterocycles. The molecule has 3 aliphatic carbocycles. The van der Waals surface area contributed by atoms with Gasteiger partial charge in [0.15, 0.2) is 0 Å². The van der Waals surface area contributed by atoms with Crippen LogP contribution in [0.4, 0.5) is 5.69 Å². The Morgan fingerprint density at radius 3 is 2.42 bits per heavy atom. The third-order valence-electron chi connectivity index (χ3n) is 5.53. The Bertz CT molecular complexity index is 777. The fourth-order valence-corrected chi connectivity index (χ4v) is 4.37. The van der Waals surface area contributed by atoms with Gasteiger partial charge < -0.3 is 9.64 Å². The Morgan fingerprint density at radius 2 is 1.71 bits per heavy atom. The summed E-state index contributed by atoms with van der Waals surface area (Å²) in [7, 11) is 1.96. The van der Waals surface area contributed by atoms with E-state index in [9.17, 15) is 0 Å². The summed E-state index contributed by atoms with van der Waals surface area (Å²) in [6.45, 7) is 2.08. The highest BCUT2D eigenvalue weighted by Crippen LogP contribution is 2.50. The second-order valence-corrected chi connectivity index (χ2v) is 7.45. The number of ether oxygens (including phenoxy) is 1. The van der Waals surface area contributed by atoms with Crippen molar-refractivity contribution in [3.8, 4) is 5.75 Å². The smallest absolute Gasteiger partial charge is 0.269 e. The Hall–Kier alpha value is -1.87. The third-order valence-corrected chi connectivity index (χ3v) is 5.89. The molecule has 3 heteroatoms. The van der Waals surface area contributed by atoms with Crippen molar-refractivity contribution in [3.05, 3.63) is 59.2 Å². The SMILES string of the molecule is Cc1cccc(N(C)C(=S)Oc2ccc3c(c2)C2CCC3CC2)c1. The van der Waals surface area contributed by atoms with Crippen molar-refractivity contribution in [1.82, 2.24) is 0 Å². The maximum atomic E-state index is 6.00. The fraction of sp³-hybridized carbons (Fsp3) is 0.381. The molecule has 2 nitrogen and oxygen atoms in total. The molecule has 2 aromatic carbocycles. The van der Waals surface area contributed by atoms with Crippen LogP contribution in [-0.2, 0) is 0 Å². The Labute approximate surface area is 149 Å². The van der Waals surface area contributed by atoms with Gasteiger partial charge in [-0.05, 0) is 97.6 Å². The number of hydrogen-bond acceptors (Lipinski definition) is 2. The summed E-state index contributed by atoms with van der Waals surface area (Å²) >= 11 is 5.51. The molecule has 0 N–H and O–H groups in total. The Balaban J connectivity index is 1.53. The maximum Gasteiger partial charge on any atom is 0.269 e. The molecule has 0 aromatic heterocycles. The molecule has 0 unspecified atom stereocenters. The summed E-state index contributed by atoms with van der Waals surface area (Å²) in [5, 5.41) is 0.488. The minimum atomic E-state index is 0.488. The van der Waals surface area contributed by atoms with E-state index in [0.29, 0.717) is 5.17 Å². The number of benzene rings is 2. The van der Waals surface area contributed by atoms with Gasteiger partial charge in [-0.1, -0.05) is 18.2 Å². The number of fused-ring (bicyclic) bond motifs is 2. The Morgan fingerprint density at radius 1 is 1.00 bits per heavy atom. The lowest BCUT2D eigenvalue weighted by molar-refractivity contribution is 0.357. The number of thiocarbonyl (C=S) groups is 1. The minimum Gasteiger partial charge on any atom is -0.432 e. The van der Waals surface area contributed by atoms with Gasteiger partial charge >= 0.3 is 0 Å². The van der Waals surface area contributed by atoms with Gasteiger partial charge in [0, 0.05) is 12.7 Å². The molecular formula is C21H23NOS. The van der Waals surface area contributed by atoms with E-state index in [1.54, 1.807) is 5.56 Å². The minimum absolute atomic E-state index is 0.488. The molecular weight excluding hydrogens is 314 g/mol. The van der Waals surface area contributed by atoms with Crippen LogP contribution in [0.15, 0.2) is 42.5 Å². The topological polar surface area (TPSA) is 12.5 Å². The van der Waals surface area contributed by atoms with E-state index in [-0.39, 0.29) is 0 Å². The molecule has 0 atom stereocenters. The molecule has 5 rings (SSSR count). The first kappa shape index (κ1) is 15.6. The first-order valence-electron chi connectivity index (χ1n) is 8.78. The average molecular weight is 337 g/mol. The van der Waals surface area contributed by atoms with E-state index in [4.69, 9.17) is 17.0 Å². The van der Waals surface area contributed by atoms with Crippen molar-refractivity contribution in [2.24, 2.45) is 0 Å². The van der Waals surface area contributed by atoms with Gasteiger partial charge in [-0.15, -0.1) is 0 Å². The second-order valence-electron chi connectivity index (χ2n) is 7.11. The summed E-state index contributed by atoms with van der Waals surface area (Å²) < 4.78 is 6.00. The van der Waals surface area contributed by atoms with Crippen molar-refractivity contribution in [2.45, 2.75) is 44.4 Å². The van der Waals surface area contributed by atoms with Crippen molar-refractivity contribution in [3.63, 3.8) is 0 Å². The highest BCUT2D eigenvalue weighted by molar-refractivity contribution is 7.80. The third kappa shape index (κ3) is 2.82. The number of aryl methyl sites for hydroxylation is 1. The van der Waals surface area contributed by atoms with Crippen LogP contribution in [0.1, 0.15) is 54.2 Å². The molecule has 124 valence electrons. The lowest BCUT2D eigenvalue weighted by atomic mass is 9.67. The molecule has 3 aliphatic rings. The first-order valence-corrected chi connectivity index (χ1v) is 9.18. The lowest BCUT2D eigenvalue weighted by Crippen LogP contribution is -2.29. The maximum absolute atomic E-state index is 6.00. The number of nitrogens with zero attached hydrogens (tertiary/aromatic N) is 1. The summed E-state index contributed by atoms with van der Waals surface area (Å²) in [6, 6.07) is 14.8. The van der Waals surface area contributed by atoms with Crippen LogP contribution < -0.4 is 9.64 Å². The molecule has 0 amide bonds. The quantitative estimate of drug-likeness (QED) is 0.667. The van der Waals surface area contributed by atoms with Gasteiger partial charge in [-0.25, -0.2) is 0 Å². The molecule has 0 spiro atoms. The molecule has 24 heavy (non-hydrogen) atoms. The molecule has 0 aliphatic heterocycles. The predicted octanol–water partition coefficient (Wildman–Crippen LogP) is 5.55. The van der Waals surface area contributed by atoms with E-state index < -0.39 is 0 Å². The van der Waals surface area contributed by atoms with Gasteiger partial charge in [0.25, 0.3) is 5.17 Å². The number of rotatable bonds is 2. The van der Waals surface area contributed by atoms with Gasteiger partial charge in [0.05, 0.1) is 0 Å². The van der Waals surface area contributed by atoms with E-state index in [2.05, 4.69) is 43.3 Å².